The predicted molar refractivity (Wildman–Crippen MR) is 86.5 cm³/mol. The minimum Gasteiger partial charge on any atom is -0.497 e. The molecular formula is C17H20ClNO2. The number of methoxy groups -OCH3 is 2. The summed E-state index contributed by atoms with van der Waals surface area (Å²) in [5.41, 5.74) is 2.33. The lowest BCUT2D eigenvalue weighted by atomic mass is 9.98. The lowest BCUT2D eigenvalue weighted by Gasteiger charge is -2.20. The molecule has 0 heterocycles. The van der Waals surface area contributed by atoms with Gasteiger partial charge in [0.15, 0.2) is 0 Å². The standard InChI is InChI=1S/C17H20ClNO2/c1-19-16(10-12-4-6-13(18)7-5-12)15-9-8-14(20-2)11-17(15)21-3/h4-9,11,16,19H,10H2,1-3H3. The molecule has 21 heavy (non-hydrogen) atoms. The molecule has 0 aliphatic heterocycles. The van der Waals surface area contributed by atoms with Gasteiger partial charge in [0.05, 0.1) is 14.2 Å². The molecule has 0 saturated carbocycles. The van der Waals surface area contributed by atoms with Crippen LogP contribution in [0.25, 0.3) is 0 Å². The minimum atomic E-state index is 0.159. The van der Waals surface area contributed by atoms with Gasteiger partial charge in [-0.15, -0.1) is 0 Å². The Morgan fingerprint density at radius 3 is 2.33 bits per heavy atom. The smallest absolute Gasteiger partial charge is 0.127 e. The first kappa shape index (κ1) is 15.7. The molecule has 0 saturated heterocycles. The molecule has 0 spiro atoms. The SMILES string of the molecule is CNC(Cc1ccc(Cl)cc1)c1ccc(OC)cc1OC. The minimum absolute atomic E-state index is 0.159. The van der Waals surface area contributed by atoms with E-state index in [9.17, 15) is 0 Å². The molecule has 0 aliphatic rings. The van der Waals surface area contributed by atoms with Crippen molar-refractivity contribution in [2.24, 2.45) is 0 Å². The van der Waals surface area contributed by atoms with Crippen molar-refractivity contribution in [3.8, 4) is 11.5 Å². The first-order valence-electron chi connectivity index (χ1n) is 6.81. The topological polar surface area (TPSA) is 30.5 Å². The van der Waals surface area contributed by atoms with Gasteiger partial charge < -0.3 is 14.8 Å². The second-order valence-electron chi connectivity index (χ2n) is 4.78. The molecule has 1 unspecified atom stereocenters. The number of rotatable bonds is 6. The Labute approximate surface area is 130 Å². The molecule has 3 nitrogen and oxygen atoms in total. The van der Waals surface area contributed by atoms with Crippen molar-refractivity contribution in [1.82, 2.24) is 5.32 Å². The number of likely N-dealkylation sites (N-methyl/N-ethyl adjacent to an activating group) is 1. The van der Waals surface area contributed by atoms with Crippen molar-refractivity contribution in [1.29, 1.82) is 0 Å². The normalized spacial score (nSPS) is 12.0. The largest absolute Gasteiger partial charge is 0.497 e. The summed E-state index contributed by atoms with van der Waals surface area (Å²) >= 11 is 5.93. The van der Waals surface area contributed by atoms with E-state index in [1.807, 2.05) is 49.5 Å². The summed E-state index contributed by atoms with van der Waals surface area (Å²) in [5.74, 6) is 1.61. The van der Waals surface area contributed by atoms with Gasteiger partial charge in [-0.25, -0.2) is 0 Å². The molecule has 2 aromatic rings. The van der Waals surface area contributed by atoms with Crippen LogP contribution in [0.3, 0.4) is 0 Å². The van der Waals surface area contributed by atoms with Crippen LogP contribution in [0.4, 0.5) is 0 Å². The number of hydrogen-bond acceptors (Lipinski definition) is 3. The van der Waals surface area contributed by atoms with Crippen LogP contribution >= 0.6 is 11.6 Å². The van der Waals surface area contributed by atoms with Gasteiger partial charge in [-0.2, -0.15) is 0 Å². The van der Waals surface area contributed by atoms with E-state index in [-0.39, 0.29) is 6.04 Å². The number of halogens is 1. The van der Waals surface area contributed by atoms with Gasteiger partial charge in [0.2, 0.25) is 0 Å². The van der Waals surface area contributed by atoms with Crippen molar-refractivity contribution in [3.05, 3.63) is 58.6 Å². The van der Waals surface area contributed by atoms with Crippen molar-refractivity contribution < 1.29 is 9.47 Å². The van der Waals surface area contributed by atoms with Gasteiger partial charge >= 0.3 is 0 Å². The highest BCUT2D eigenvalue weighted by molar-refractivity contribution is 6.30. The second-order valence-corrected chi connectivity index (χ2v) is 5.22. The van der Waals surface area contributed by atoms with Gasteiger partial charge in [0.25, 0.3) is 0 Å². The molecule has 4 heteroatoms. The summed E-state index contributed by atoms with van der Waals surface area (Å²) in [6.45, 7) is 0. The summed E-state index contributed by atoms with van der Waals surface area (Å²) in [5, 5.41) is 4.09. The van der Waals surface area contributed by atoms with Crippen LogP contribution in [-0.4, -0.2) is 21.3 Å². The summed E-state index contributed by atoms with van der Waals surface area (Å²) < 4.78 is 10.7. The number of benzene rings is 2. The Hall–Kier alpha value is -1.71. The third kappa shape index (κ3) is 3.90. The predicted octanol–water partition coefficient (Wildman–Crippen LogP) is 3.86. The quantitative estimate of drug-likeness (QED) is 0.879. The van der Waals surface area contributed by atoms with Crippen molar-refractivity contribution in [2.75, 3.05) is 21.3 Å². The monoisotopic (exact) mass is 305 g/mol. The molecule has 112 valence electrons. The third-order valence-electron chi connectivity index (χ3n) is 3.52. The average Bonchev–Trinajstić information content (AvgIpc) is 2.53. The van der Waals surface area contributed by atoms with Crippen molar-refractivity contribution in [2.45, 2.75) is 12.5 Å². The molecule has 0 aliphatic carbocycles. The molecule has 0 radical (unpaired) electrons. The van der Waals surface area contributed by atoms with Crippen molar-refractivity contribution in [3.63, 3.8) is 0 Å². The second kappa shape index (κ2) is 7.34. The molecule has 0 bridgehead atoms. The highest BCUT2D eigenvalue weighted by atomic mass is 35.5. The van der Waals surface area contributed by atoms with E-state index >= 15 is 0 Å². The molecule has 2 rings (SSSR count). The van der Waals surface area contributed by atoms with Crippen LogP contribution in [0.5, 0.6) is 11.5 Å². The van der Waals surface area contributed by atoms with Crippen LogP contribution in [0.1, 0.15) is 17.2 Å². The van der Waals surface area contributed by atoms with Crippen LogP contribution < -0.4 is 14.8 Å². The van der Waals surface area contributed by atoms with Gasteiger partial charge in [-0.3, -0.25) is 0 Å². The zero-order valence-corrected chi connectivity index (χ0v) is 13.3. The van der Waals surface area contributed by atoms with E-state index in [0.717, 1.165) is 28.5 Å². The Kier molecular flexibility index (Phi) is 5.48. The fraction of sp³-hybridized carbons (Fsp3) is 0.294. The summed E-state index contributed by atoms with van der Waals surface area (Å²) in [6, 6.07) is 14.0. The van der Waals surface area contributed by atoms with Crippen molar-refractivity contribution >= 4 is 11.6 Å². The third-order valence-corrected chi connectivity index (χ3v) is 3.77. The van der Waals surface area contributed by atoms with E-state index in [4.69, 9.17) is 21.1 Å². The maximum atomic E-state index is 5.93. The molecule has 0 fully saturated rings. The highest BCUT2D eigenvalue weighted by Crippen LogP contribution is 2.31. The summed E-state index contributed by atoms with van der Waals surface area (Å²) in [7, 11) is 5.27. The maximum absolute atomic E-state index is 5.93. The van der Waals surface area contributed by atoms with Gasteiger partial charge in [0, 0.05) is 22.7 Å². The van der Waals surface area contributed by atoms with Crippen LogP contribution in [0, 0.1) is 0 Å². The molecule has 2 aromatic carbocycles. The van der Waals surface area contributed by atoms with Crippen LogP contribution in [-0.2, 0) is 6.42 Å². The lowest BCUT2D eigenvalue weighted by Crippen LogP contribution is -2.19. The fourth-order valence-corrected chi connectivity index (χ4v) is 2.46. The van der Waals surface area contributed by atoms with E-state index in [2.05, 4.69) is 5.32 Å². The number of nitrogens with one attached hydrogen (secondary N) is 1. The molecule has 1 N–H and O–H groups in total. The summed E-state index contributed by atoms with van der Waals surface area (Å²) in [4.78, 5) is 0. The fourth-order valence-electron chi connectivity index (χ4n) is 2.33. The number of hydrogen-bond donors (Lipinski definition) is 1. The molecule has 1 atom stereocenters. The number of ether oxygens (including phenoxy) is 2. The highest BCUT2D eigenvalue weighted by Gasteiger charge is 2.16. The first-order valence-corrected chi connectivity index (χ1v) is 7.19. The van der Waals surface area contributed by atoms with Gasteiger partial charge in [-0.05, 0) is 37.2 Å². The zero-order valence-electron chi connectivity index (χ0n) is 12.5. The first-order chi connectivity index (χ1) is 10.2. The molecular weight excluding hydrogens is 286 g/mol. The Balaban J connectivity index is 2.26. The Morgan fingerprint density at radius 2 is 1.76 bits per heavy atom. The van der Waals surface area contributed by atoms with E-state index in [1.54, 1.807) is 14.2 Å². The van der Waals surface area contributed by atoms with E-state index in [0.29, 0.717) is 0 Å². The van der Waals surface area contributed by atoms with Crippen LogP contribution in [0.2, 0.25) is 5.02 Å². The average molecular weight is 306 g/mol. The zero-order chi connectivity index (χ0) is 15.2. The van der Waals surface area contributed by atoms with Gasteiger partial charge in [-0.1, -0.05) is 29.8 Å². The Morgan fingerprint density at radius 1 is 1.05 bits per heavy atom. The lowest BCUT2D eigenvalue weighted by molar-refractivity contribution is 0.385. The summed E-state index contributed by atoms with van der Waals surface area (Å²) in [6.07, 6.45) is 0.857. The maximum Gasteiger partial charge on any atom is 0.127 e. The van der Waals surface area contributed by atoms with Gasteiger partial charge in [0.1, 0.15) is 11.5 Å². The Bertz CT molecular complexity index is 584. The van der Waals surface area contributed by atoms with Crippen LogP contribution in [0.15, 0.2) is 42.5 Å². The van der Waals surface area contributed by atoms with E-state index in [1.165, 1.54) is 5.56 Å². The molecule has 0 aromatic heterocycles. The molecule has 0 amide bonds. The van der Waals surface area contributed by atoms with E-state index < -0.39 is 0 Å².